The van der Waals surface area contributed by atoms with Gasteiger partial charge in [0.1, 0.15) is 5.75 Å². The Morgan fingerprint density at radius 3 is 2.63 bits per heavy atom. The summed E-state index contributed by atoms with van der Waals surface area (Å²) in [6.07, 6.45) is 3.50. The first-order chi connectivity index (χ1) is 9.08. The molecule has 0 bridgehead atoms. The Bertz CT molecular complexity index is 561. The van der Waals surface area contributed by atoms with Crippen LogP contribution < -0.4 is 5.32 Å². The molecule has 1 unspecified atom stereocenters. The second kappa shape index (κ2) is 6.24. The summed E-state index contributed by atoms with van der Waals surface area (Å²) in [5, 5.41) is 13.9. The fourth-order valence-corrected chi connectivity index (χ4v) is 2.32. The predicted octanol–water partition coefficient (Wildman–Crippen LogP) is 3.94. The van der Waals surface area contributed by atoms with Gasteiger partial charge in [0.25, 0.3) is 0 Å². The molecular formula is C14H14Cl2N2O. The van der Waals surface area contributed by atoms with Gasteiger partial charge in [0.05, 0.1) is 5.02 Å². The Balaban J connectivity index is 2.07. The van der Waals surface area contributed by atoms with Crippen molar-refractivity contribution in [1.29, 1.82) is 0 Å². The van der Waals surface area contributed by atoms with Crippen molar-refractivity contribution in [3.63, 3.8) is 0 Å². The molecule has 1 aromatic heterocycles. The van der Waals surface area contributed by atoms with Crippen LogP contribution in [0.15, 0.2) is 36.7 Å². The number of benzene rings is 1. The molecule has 0 aliphatic heterocycles. The lowest BCUT2D eigenvalue weighted by Gasteiger charge is -2.15. The van der Waals surface area contributed by atoms with E-state index >= 15 is 0 Å². The molecule has 0 aliphatic carbocycles. The number of aromatic nitrogens is 1. The Kier molecular flexibility index (Phi) is 4.64. The van der Waals surface area contributed by atoms with E-state index in [0.717, 1.165) is 5.56 Å². The highest BCUT2D eigenvalue weighted by molar-refractivity contribution is 6.35. The van der Waals surface area contributed by atoms with E-state index in [4.69, 9.17) is 23.2 Å². The summed E-state index contributed by atoms with van der Waals surface area (Å²) >= 11 is 11.8. The summed E-state index contributed by atoms with van der Waals surface area (Å²) in [5.41, 5.74) is 1.81. The summed E-state index contributed by atoms with van der Waals surface area (Å²) < 4.78 is 0. The maximum atomic E-state index is 9.86. The molecule has 1 heterocycles. The number of rotatable bonds is 4. The monoisotopic (exact) mass is 296 g/mol. The van der Waals surface area contributed by atoms with Crippen molar-refractivity contribution >= 4 is 23.2 Å². The highest BCUT2D eigenvalue weighted by Crippen LogP contribution is 2.31. The van der Waals surface area contributed by atoms with Gasteiger partial charge in [-0.25, -0.2) is 0 Å². The number of hydrogen-bond acceptors (Lipinski definition) is 3. The number of phenols is 1. The van der Waals surface area contributed by atoms with E-state index in [1.54, 1.807) is 18.5 Å². The lowest BCUT2D eigenvalue weighted by Crippen LogP contribution is -2.18. The number of halogens is 2. The maximum absolute atomic E-state index is 9.86. The minimum Gasteiger partial charge on any atom is -0.506 e. The van der Waals surface area contributed by atoms with Crippen LogP contribution in [-0.2, 0) is 6.54 Å². The van der Waals surface area contributed by atoms with Crippen LogP contribution >= 0.6 is 23.2 Å². The van der Waals surface area contributed by atoms with Crippen molar-refractivity contribution in [3.05, 3.63) is 57.8 Å². The molecule has 2 aromatic rings. The average Bonchev–Trinajstić information content (AvgIpc) is 2.41. The van der Waals surface area contributed by atoms with Crippen LogP contribution in [0.4, 0.5) is 0 Å². The minimum absolute atomic E-state index is 0.0699. The second-order valence-electron chi connectivity index (χ2n) is 4.28. The van der Waals surface area contributed by atoms with E-state index in [1.807, 2.05) is 19.1 Å². The summed E-state index contributed by atoms with van der Waals surface area (Å²) in [6, 6.07) is 7.26. The standard InChI is InChI=1S/C14H14Cl2N2O/c1-9(10-2-4-17-5-3-10)18-8-11-6-12(15)7-13(16)14(11)19/h2-7,9,18-19H,8H2,1H3. The van der Waals surface area contributed by atoms with Gasteiger partial charge in [-0.2, -0.15) is 0 Å². The van der Waals surface area contributed by atoms with Gasteiger partial charge in [0.15, 0.2) is 0 Å². The summed E-state index contributed by atoms with van der Waals surface area (Å²) in [4.78, 5) is 3.98. The summed E-state index contributed by atoms with van der Waals surface area (Å²) in [5.74, 6) is 0.0699. The van der Waals surface area contributed by atoms with Gasteiger partial charge in [-0.05, 0) is 36.8 Å². The molecule has 100 valence electrons. The molecule has 0 spiro atoms. The predicted molar refractivity (Wildman–Crippen MR) is 77.6 cm³/mol. The topological polar surface area (TPSA) is 45.1 Å². The molecule has 1 atom stereocenters. The molecule has 3 nitrogen and oxygen atoms in total. The fourth-order valence-electron chi connectivity index (χ4n) is 1.79. The molecule has 0 amide bonds. The molecular weight excluding hydrogens is 283 g/mol. The van der Waals surface area contributed by atoms with Gasteiger partial charge in [-0.15, -0.1) is 0 Å². The number of pyridine rings is 1. The Morgan fingerprint density at radius 1 is 1.26 bits per heavy atom. The van der Waals surface area contributed by atoms with Crippen molar-refractivity contribution in [3.8, 4) is 5.75 Å². The van der Waals surface area contributed by atoms with Crippen LogP contribution in [0.25, 0.3) is 0 Å². The first kappa shape index (κ1) is 14.1. The van der Waals surface area contributed by atoms with Gasteiger partial charge in [-0.1, -0.05) is 23.2 Å². The van der Waals surface area contributed by atoms with E-state index in [2.05, 4.69) is 10.3 Å². The van der Waals surface area contributed by atoms with Gasteiger partial charge in [0, 0.05) is 35.6 Å². The van der Waals surface area contributed by atoms with Crippen LogP contribution in [0, 0.1) is 0 Å². The summed E-state index contributed by atoms with van der Waals surface area (Å²) in [7, 11) is 0. The van der Waals surface area contributed by atoms with Crippen LogP contribution in [0.5, 0.6) is 5.75 Å². The number of nitrogens with zero attached hydrogens (tertiary/aromatic N) is 1. The van der Waals surface area contributed by atoms with E-state index in [9.17, 15) is 5.11 Å². The van der Waals surface area contributed by atoms with Crippen molar-refractivity contribution in [1.82, 2.24) is 10.3 Å². The highest BCUT2D eigenvalue weighted by Gasteiger charge is 2.10. The number of aromatic hydroxyl groups is 1. The number of nitrogens with one attached hydrogen (secondary N) is 1. The van der Waals surface area contributed by atoms with Gasteiger partial charge >= 0.3 is 0 Å². The van der Waals surface area contributed by atoms with Crippen molar-refractivity contribution < 1.29 is 5.11 Å². The van der Waals surface area contributed by atoms with Crippen molar-refractivity contribution in [2.24, 2.45) is 0 Å². The third kappa shape index (κ3) is 3.60. The number of phenolic OH excluding ortho intramolecular Hbond substituents is 1. The molecule has 19 heavy (non-hydrogen) atoms. The molecule has 5 heteroatoms. The van der Waals surface area contributed by atoms with Crippen molar-refractivity contribution in [2.75, 3.05) is 0 Å². The zero-order valence-corrected chi connectivity index (χ0v) is 11.9. The Labute approximate surface area is 122 Å². The molecule has 0 saturated heterocycles. The third-order valence-corrected chi connectivity index (χ3v) is 3.42. The SMILES string of the molecule is CC(NCc1cc(Cl)cc(Cl)c1O)c1ccncc1. The van der Waals surface area contributed by atoms with Gasteiger partial charge < -0.3 is 10.4 Å². The quantitative estimate of drug-likeness (QED) is 0.898. The van der Waals surface area contributed by atoms with Crippen molar-refractivity contribution in [2.45, 2.75) is 19.5 Å². The lowest BCUT2D eigenvalue weighted by atomic mass is 10.1. The zero-order valence-electron chi connectivity index (χ0n) is 10.4. The highest BCUT2D eigenvalue weighted by atomic mass is 35.5. The van der Waals surface area contributed by atoms with E-state index in [-0.39, 0.29) is 16.8 Å². The molecule has 0 radical (unpaired) electrons. The van der Waals surface area contributed by atoms with Crippen LogP contribution in [0.1, 0.15) is 24.1 Å². The first-order valence-electron chi connectivity index (χ1n) is 5.88. The largest absolute Gasteiger partial charge is 0.506 e. The van der Waals surface area contributed by atoms with Crippen LogP contribution in [-0.4, -0.2) is 10.1 Å². The smallest absolute Gasteiger partial charge is 0.138 e. The van der Waals surface area contributed by atoms with E-state index in [0.29, 0.717) is 17.1 Å². The molecule has 0 fully saturated rings. The molecule has 2 rings (SSSR count). The lowest BCUT2D eigenvalue weighted by molar-refractivity contribution is 0.460. The maximum Gasteiger partial charge on any atom is 0.138 e. The molecule has 0 saturated carbocycles. The van der Waals surface area contributed by atoms with E-state index in [1.165, 1.54) is 6.07 Å². The Morgan fingerprint density at radius 2 is 1.95 bits per heavy atom. The zero-order chi connectivity index (χ0) is 13.8. The van der Waals surface area contributed by atoms with E-state index < -0.39 is 0 Å². The molecule has 1 aromatic carbocycles. The van der Waals surface area contributed by atoms with Crippen LogP contribution in [0.3, 0.4) is 0 Å². The fraction of sp³-hybridized carbons (Fsp3) is 0.214. The first-order valence-corrected chi connectivity index (χ1v) is 6.63. The normalized spacial score (nSPS) is 12.4. The number of hydrogen-bond donors (Lipinski definition) is 2. The molecule has 2 N–H and O–H groups in total. The molecule has 0 aliphatic rings. The Hall–Kier alpha value is -1.29. The van der Waals surface area contributed by atoms with Gasteiger partial charge in [0.2, 0.25) is 0 Å². The van der Waals surface area contributed by atoms with Gasteiger partial charge in [-0.3, -0.25) is 4.98 Å². The average molecular weight is 297 g/mol. The summed E-state index contributed by atoms with van der Waals surface area (Å²) in [6.45, 7) is 2.52. The minimum atomic E-state index is 0.0699. The third-order valence-electron chi connectivity index (χ3n) is 2.91. The van der Waals surface area contributed by atoms with Crippen LogP contribution in [0.2, 0.25) is 10.0 Å². The second-order valence-corrected chi connectivity index (χ2v) is 5.12.